The molecule has 2 N–H and O–H groups in total. The SMILES string of the molecule is O=C1CN(c2ccc(NC(=O)C3CCCCN3Cc3cccnc3)cn2)CCN1. The van der Waals surface area contributed by atoms with E-state index in [9.17, 15) is 9.59 Å². The average Bonchev–Trinajstić information content (AvgIpc) is 2.75. The first-order valence-corrected chi connectivity index (χ1v) is 10.1. The quantitative estimate of drug-likeness (QED) is 0.797. The van der Waals surface area contributed by atoms with Crippen LogP contribution in [0.2, 0.25) is 0 Å². The van der Waals surface area contributed by atoms with Crippen LogP contribution in [-0.4, -0.2) is 58.9 Å². The van der Waals surface area contributed by atoms with E-state index >= 15 is 0 Å². The Hall–Kier alpha value is -3.00. The van der Waals surface area contributed by atoms with Crippen molar-refractivity contribution in [3.8, 4) is 0 Å². The third-order valence-electron chi connectivity index (χ3n) is 5.40. The first-order valence-electron chi connectivity index (χ1n) is 10.1. The van der Waals surface area contributed by atoms with Crippen molar-refractivity contribution in [1.82, 2.24) is 20.2 Å². The van der Waals surface area contributed by atoms with Gasteiger partial charge in [0, 0.05) is 32.0 Å². The molecule has 0 radical (unpaired) electrons. The first kappa shape index (κ1) is 19.3. The van der Waals surface area contributed by atoms with Crippen molar-refractivity contribution in [3.63, 3.8) is 0 Å². The van der Waals surface area contributed by atoms with Crippen LogP contribution in [0.5, 0.6) is 0 Å². The van der Waals surface area contributed by atoms with Gasteiger partial charge in [-0.05, 0) is 43.1 Å². The summed E-state index contributed by atoms with van der Waals surface area (Å²) in [6.45, 7) is 3.29. The van der Waals surface area contributed by atoms with Crippen molar-refractivity contribution in [3.05, 3.63) is 48.4 Å². The highest BCUT2D eigenvalue weighted by atomic mass is 16.2. The van der Waals surface area contributed by atoms with Crippen LogP contribution in [0.25, 0.3) is 0 Å². The normalized spacial score (nSPS) is 20.2. The Morgan fingerprint density at radius 2 is 2.14 bits per heavy atom. The van der Waals surface area contributed by atoms with Crippen LogP contribution in [0.1, 0.15) is 24.8 Å². The molecule has 0 saturated carbocycles. The molecule has 1 atom stereocenters. The number of likely N-dealkylation sites (tertiary alicyclic amines) is 1. The summed E-state index contributed by atoms with van der Waals surface area (Å²) in [6.07, 6.45) is 8.28. The van der Waals surface area contributed by atoms with E-state index in [0.717, 1.165) is 50.3 Å². The van der Waals surface area contributed by atoms with Crippen LogP contribution in [-0.2, 0) is 16.1 Å². The van der Waals surface area contributed by atoms with Crippen LogP contribution < -0.4 is 15.5 Å². The summed E-state index contributed by atoms with van der Waals surface area (Å²) >= 11 is 0. The molecular weight excluding hydrogens is 368 g/mol. The fraction of sp³-hybridized carbons (Fsp3) is 0.429. The number of carbonyl (C=O) groups excluding carboxylic acids is 2. The van der Waals surface area contributed by atoms with Gasteiger partial charge in [-0.2, -0.15) is 0 Å². The van der Waals surface area contributed by atoms with Crippen molar-refractivity contribution in [2.75, 3.05) is 36.4 Å². The lowest BCUT2D eigenvalue weighted by molar-refractivity contribution is -0.122. The van der Waals surface area contributed by atoms with Crippen LogP contribution in [0.15, 0.2) is 42.9 Å². The Balaban J connectivity index is 1.38. The zero-order chi connectivity index (χ0) is 20.1. The van der Waals surface area contributed by atoms with Gasteiger partial charge in [-0.25, -0.2) is 4.98 Å². The zero-order valence-corrected chi connectivity index (χ0v) is 16.4. The Labute approximate surface area is 170 Å². The average molecular weight is 394 g/mol. The van der Waals surface area contributed by atoms with E-state index < -0.39 is 0 Å². The molecule has 2 fully saturated rings. The minimum atomic E-state index is -0.158. The maximum atomic E-state index is 12.9. The molecule has 0 aromatic carbocycles. The highest BCUT2D eigenvalue weighted by Gasteiger charge is 2.29. The first-order chi connectivity index (χ1) is 14.2. The standard InChI is InChI=1S/C21H26N6O2/c28-20-15-27(11-9-23-20)19-7-6-17(13-24-19)25-21(29)18-5-1-2-10-26(18)14-16-4-3-8-22-12-16/h3-4,6-8,12-13,18H,1-2,5,9-11,14-15H2,(H,23,28)(H,25,29). The number of carbonyl (C=O) groups is 2. The number of anilines is 2. The molecule has 4 rings (SSSR count). The van der Waals surface area contributed by atoms with Gasteiger partial charge in [0.15, 0.2) is 0 Å². The summed E-state index contributed by atoms with van der Waals surface area (Å²) < 4.78 is 0. The minimum absolute atomic E-state index is 0.000454. The number of hydrogen-bond donors (Lipinski definition) is 2. The molecule has 8 heteroatoms. The number of nitrogens with zero attached hydrogens (tertiary/aromatic N) is 4. The molecule has 29 heavy (non-hydrogen) atoms. The largest absolute Gasteiger partial charge is 0.353 e. The molecule has 8 nitrogen and oxygen atoms in total. The third-order valence-corrected chi connectivity index (χ3v) is 5.40. The molecule has 2 amide bonds. The molecule has 2 aromatic rings. The molecule has 2 aliphatic rings. The van der Waals surface area contributed by atoms with Crippen LogP contribution in [0.4, 0.5) is 11.5 Å². The van der Waals surface area contributed by atoms with Gasteiger partial charge in [0.05, 0.1) is 24.5 Å². The fourth-order valence-electron chi connectivity index (χ4n) is 3.91. The van der Waals surface area contributed by atoms with E-state index in [1.165, 1.54) is 0 Å². The predicted octanol–water partition coefficient (Wildman–Crippen LogP) is 1.41. The van der Waals surface area contributed by atoms with E-state index in [1.54, 1.807) is 12.4 Å². The maximum absolute atomic E-state index is 12.9. The lowest BCUT2D eigenvalue weighted by atomic mass is 10.0. The molecule has 2 aliphatic heterocycles. The van der Waals surface area contributed by atoms with Gasteiger partial charge in [0.1, 0.15) is 5.82 Å². The van der Waals surface area contributed by atoms with E-state index in [0.29, 0.717) is 18.8 Å². The maximum Gasteiger partial charge on any atom is 0.241 e. The highest BCUT2D eigenvalue weighted by Crippen LogP contribution is 2.22. The van der Waals surface area contributed by atoms with Gasteiger partial charge in [-0.3, -0.25) is 19.5 Å². The summed E-state index contributed by atoms with van der Waals surface area (Å²) in [6, 6.07) is 7.51. The van der Waals surface area contributed by atoms with Crippen molar-refractivity contribution < 1.29 is 9.59 Å². The number of amides is 2. The molecule has 0 bridgehead atoms. The number of piperidine rings is 1. The summed E-state index contributed by atoms with van der Waals surface area (Å²) in [4.78, 5) is 37.3. The predicted molar refractivity (Wildman–Crippen MR) is 110 cm³/mol. The third kappa shape index (κ3) is 4.89. The molecule has 4 heterocycles. The van der Waals surface area contributed by atoms with Crippen molar-refractivity contribution in [2.45, 2.75) is 31.8 Å². The summed E-state index contributed by atoms with van der Waals surface area (Å²) in [7, 11) is 0. The molecule has 0 spiro atoms. The second-order valence-electron chi connectivity index (χ2n) is 7.51. The second-order valence-corrected chi connectivity index (χ2v) is 7.51. The minimum Gasteiger partial charge on any atom is -0.353 e. The number of aromatic nitrogens is 2. The van der Waals surface area contributed by atoms with E-state index in [2.05, 4.69) is 25.5 Å². The number of nitrogens with one attached hydrogen (secondary N) is 2. The van der Waals surface area contributed by atoms with Gasteiger partial charge in [0.2, 0.25) is 11.8 Å². The molecule has 2 aromatic heterocycles. The van der Waals surface area contributed by atoms with Crippen LogP contribution in [0.3, 0.4) is 0 Å². The second kappa shape index (κ2) is 9.00. The van der Waals surface area contributed by atoms with E-state index in [4.69, 9.17) is 0 Å². The Kier molecular flexibility index (Phi) is 6.00. The van der Waals surface area contributed by atoms with Gasteiger partial charge in [0.25, 0.3) is 0 Å². The Morgan fingerprint density at radius 1 is 1.21 bits per heavy atom. The lowest BCUT2D eigenvalue weighted by Gasteiger charge is -2.34. The van der Waals surface area contributed by atoms with Crippen LogP contribution >= 0.6 is 0 Å². The highest BCUT2D eigenvalue weighted by molar-refractivity contribution is 5.94. The van der Waals surface area contributed by atoms with E-state index in [1.807, 2.05) is 35.4 Å². The number of piperazine rings is 1. The van der Waals surface area contributed by atoms with E-state index in [-0.39, 0.29) is 17.9 Å². The van der Waals surface area contributed by atoms with Crippen molar-refractivity contribution >= 4 is 23.3 Å². The summed E-state index contributed by atoms with van der Waals surface area (Å²) in [5.74, 6) is 0.746. The van der Waals surface area contributed by atoms with Gasteiger partial charge in [-0.15, -0.1) is 0 Å². The molecule has 0 aliphatic carbocycles. The number of pyridine rings is 2. The summed E-state index contributed by atoms with van der Waals surface area (Å²) in [5, 5.41) is 5.81. The number of rotatable bonds is 5. The van der Waals surface area contributed by atoms with Crippen molar-refractivity contribution in [2.24, 2.45) is 0 Å². The molecule has 152 valence electrons. The smallest absolute Gasteiger partial charge is 0.241 e. The molecular formula is C21H26N6O2. The molecule has 2 saturated heterocycles. The topological polar surface area (TPSA) is 90.5 Å². The lowest BCUT2D eigenvalue weighted by Crippen LogP contribution is -2.48. The zero-order valence-electron chi connectivity index (χ0n) is 16.4. The fourth-order valence-corrected chi connectivity index (χ4v) is 3.91. The number of hydrogen-bond acceptors (Lipinski definition) is 6. The Morgan fingerprint density at radius 3 is 2.90 bits per heavy atom. The van der Waals surface area contributed by atoms with Crippen LogP contribution in [0, 0.1) is 0 Å². The van der Waals surface area contributed by atoms with Crippen molar-refractivity contribution in [1.29, 1.82) is 0 Å². The van der Waals surface area contributed by atoms with Gasteiger partial charge < -0.3 is 15.5 Å². The van der Waals surface area contributed by atoms with Gasteiger partial charge >= 0.3 is 0 Å². The van der Waals surface area contributed by atoms with Gasteiger partial charge in [-0.1, -0.05) is 12.5 Å². The summed E-state index contributed by atoms with van der Waals surface area (Å²) in [5.41, 5.74) is 1.79. The Bertz CT molecular complexity index is 842. The molecule has 1 unspecified atom stereocenters. The monoisotopic (exact) mass is 394 g/mol.